The van der Waals surface area contributed by atoms with Gasteiger partial charge < -0.3 is 14.6 Å². The Bertz CT molecular complexity index is 566. The molecule has 0 spiro atoms. The number of aryl methyl sites for hydroxylation is 2. The summed E-state index contributed by atoms with van der Waals surface area (Å²) < 4.78 is 11.1. The van der Waals surface area contributed by atoms with Crippen LogP contribution in [0.2, 0.25) is 0 Å². The fourth-order valence-corrected chi connectivity index (χ4v) is 2.03. The molecule has 5 heteroatoms. The number of rotatable bonds is 8. The number of pyridine rings is 1. The molecule has 21 heavy (non-hydrogen) atoms. The van der Waals surface area contributed by atoms with E-state index < -0.39 is 0 Å². The third-order valence-electron chi connectivity index (χ3n) is 3.12. The second-order valence-electron chi connectivity index (χ2n) is 5.00. The van der Waals surface area contributed by atoms with Crippen LogP contribution in [0.4, 0.5) is 0 Å². The highest BCUT2D eigenvalue weighted by atomic mass is 16.5. The molecule has 1 N–H and O–H groups in total. The summed E-state index contributed by atoms with van der Waals surface area (Å²) in [5, 5.41) is 7.31. The van der Waals surface area contributed by atoms with Crippen molar-refractivity contribution < 1.29 is 9.26 Å². The summed E-state index contributed by atoms with van der Waals surface area (Å²) in [6.45, 7) is 8.27. The normalized spacial score (nSPS) is 10.8. The van der Waals surface area contributed by atoms with Gasteiger partial charge >= 0.3 is 0 Å². The molecule has 0 aromatic carbocycles. The average Bonchev–Trinajstić information content (AvgIpc) is 2.94. The molecule has 0 saturated carbocycles. The number of nitrogens with one attached hydrogen (secondary N) is 1. The zero-order valence-electron chi connectivity index (χ0n) is 13.0. The molecule has 0 fully saturated rings. The van der Waals surface area contributed by atoms with Gasteiger partial charge in [-0.1, -0.05) is 19.0 Å². The Hall–Kier alpha value is -1.88. The van der Waals surface area contributed by atoms with Crippen molar-refractivity contribution in [2.45, 2.75) is 46.8 Å². The van der Waals surface area contributed by atoms with Crippen molar-refractivity contribution in [3.05, 3.63) is 41.0 Å². The summed E-state index contributed by atoms with van der Waals surface area (Å²) in [7, 11) is 0. The monoisotopic (exact) mass is 289 g/mol. The van der Waals surface area contributed by atoms with Gasteiger partial charge in [0.1, 0.15) is 12.4 Å². The lowest BCUT2D eigenvalue weighted by atomic mass is 10.2. The molecule has 2 aromatic rings. The minimum absolute atomic E-state index is 0.374. The van der Waals surface area contributed by atoms with Crippen LogP contribution in [0.3, 0.4) is 0 Å². The zero-order chi connectivity index (χ0) is 15.1. The first-order valence-corrected chi connectivity index (χ1v) is 7.47. The number of nitrogens with zero attached hydrogens (tertiary/aromatic N) is 2. The molecule has 0 unspecified atom stereocenters. The lowest BCUT2D eigenvalue weighted by molar-refractivity contribution is 0.245. The van der Waals surface area contributed by atoms with E-state index in [-0.39, 0.29) is 0 Å². The predicted molar refractivity (Wildman–Crippen MR) is 81.2 cm³/mol. The van der Waals surface area contributed by atoms with Crippen molar-refractivity contribution in [2.24, 2.45) is 0 Å². The molecule has 114 valence electrons. The topological polar surface area (TPSA) is 60.2 Å². The van der Waals surface area contributed by atoms with Gasteiger partial charge in [0.15, 0.2) is 5.76 Å². The van der Waals surface area contributed by atoms with Crippen LogP contribution in [0.1, 0.15) is 43.1 Å². The van der Waals surface area contributed by atoms with E-state index >= 15 is 0 Å². The van der Waals surface area contributed by atoms with Gasteiger partial charge in [-0.15, -0.1) is 0 Å². The average molecular weight is 289 g/mol. The van der Waals surface area contributed by atoms with Gasteiger partial charge in [0.05, 0.1) is 11.4 Å². The number of hydrogen-bond donors (Lipinski definition) is 1. The molecule has 2 aromatic heterocycles. The maximum absolute atomic E-state index is 5.79. The molecule has 0 bridgehead atoms. The van der Waals surface area contributed by atoms with E-state index in [4.69, 9.17) is 9.26 Å². The highest BCUT2D eigenvalue weighted by Gasteiger charge is 2.08. The molecule has 5 nitrogen and oxygen atoms in total. The first-order valence-electron chi connectivity index (χ1n) is 7.47. The zero-order valence-corrected chi connectivity index (χ0v) is 13.0. The van der Waals surface area contributed by atoms with Crippen LogP contribution in [-0.4, -0.2) is 16.7 Å². The molecule has 2 heterocycles. The number of hydrogen-bond acceptors (Lipinski definition) is 5. The van der Waals surface area contributed by atoms with Crippen LogP contribution in [0.25, 0.3) is 0 Å². The Labute approximate surface area is 125 Å². The molecule has 0 radical (unpaired) electrons. The third-order valence-corrected chi connectivity index (χ3v) is 3.12. The summed E-state index contributed by atoms with van der Waals surface area (Å²) >= 11 is 0. The second-order valence-corrected chi connectivity index (χ2v) is 5.00. The Balaban J connectivity index is 1.91. The molecule has 0 saturated heterocycles. The van der Waals surface area contributed by atoms with Crippen molar-refractivity contribution in [3.8, 4) is 5.75 Å². The van der Waals surface area contributed by atoms with Crippen molar-refractivity contribution in [2.75, 3.05) is 6.54 Å². The summed E-state index contributed by atoms with van der Waals surface area (Å²) in [4.78, 5) is 4.48. The highest BCUT2D eigenvalue weighted by molar-refractivity contribution is 5.29. The highest BCUT2D eigenvalue weighted by Crippen LogP contribution is 2.19. The molecule has 0 aliphatic carbocycles. The van der Waals surface area contributed by atoms with Gasteiger partial charge in [-0.3, -0.25) is 4.98 Å². The van der Waals surface area contributed by atoms with Crippen LogP contribution >= 0.6 is 0 Å². The Morgan fingerprint density at radius 1 is 1.29 bits per heavy atom. The molecule has 0 amide bonds. The van der Waals surface area contributed by atoms with Crippen LogP contribution in [-0.2, 0) is 19.6 Å². The van der Waals surface area contributed by atoms with E-state index in [1.54, 1.807) is 0 Å². The fourth-order valence-electron chi connectivity index (χ4n) is 2.03. The van der Waals surface area contributed by atoms with Crippen molar-refractivity contribution in [1.29, 1.82) is 0 Å². The molecule has 2 rings (SSSR count). The van der Waals surface area contributed by atoms with Crippen molar-refractivity contribution >= 4 is 0 Å². The van der Waals surface area contributed by atoms with Gasteiger partial charge in [-0.25, -0.2) is 0 Å². The Morgan fingerprint density at radius 3 is 2.90 bits per heavy atom. The Kier molecular flexibility index (Phi) is 5.75. The van der Waals surface area contributed by atoms with Gasteiger partial charge in [0.2, 0.25) is 0 Å². The van der Waals surface area contributed by atoms with E-state index in [1.807, 2.05) is 25.1 Å². The van der Waals surface area contributed by atoms with Crippen LogP contribution in [0.5, 0.6) is 5.75 Å². The van der Waals surface area contributed by atoms with Crippen LogP contribution < -0.4 is 10.1 Å². The van der Waals surface area contributed by atoms with E-state index in [2.05, 4.69) is 29.3 Å². The Morgan fingerprint density at radius 2 is 2.14 bits per heavy atom. The molecule has 0 aliphatic rings. The SMILES string of the molecule is CCCNCc1cc(COc2ccc(C)nc2CC)on1. The van der Waals surface area contributed by atoms with Crippen molar-refractivity contribution in [1.82, 2.24) is 15.5 Å². The number of ether oxygens (including phenoxy) is 1. The minimum Gasteiger partial charge on any atom is -0.484 e. The van der Waals surface area contributed by atoms with Crippen molar-refractivity contribution in [3.63, 3.8) is 0 Å². The smallest absolute Gasteiger partial charge is 0.174 e. The maximum atomic E-state index is 5.79. The summed E-state index contributed by atoms with van der Waals surface area (Å²) in [5.41, 5.74) is 2.88. The molecular weight excluding hydrogens is 266 g/mol. The first kappa shape index (κ1) is 15.5. The number of aromatic nitrogens is 2. The summed E-state index contributed by atoms with van der Waals surface area (Å²) in [5.74, 6) is 1.54. The van der Waals surface area contributed by atoms with Gasteiger partial charge in [0, 0.05) is 18.3 Å². The third kappa shape index (κ3) is 4.56. The molecular formula is C16H23N3O2. The molecule has 0 atom stereocenters. The van der Waals surface area contributed by atoms with Crippen LogP contribution in [0, 0.1) is 6.92 Å². The van der Waals surface area contributed by atoms with E-state index in [0.717, 1.165) is 54.5 Å². The summed E-state index contributed by atoms with van der Waals surface area (Å²) in [6, 6.07) is 5.84. The lowest BCUT2D eigenvalue weighted by Gasteiger charge is -2.08. The van der Waals surface area contributed by atoms with Gasteiger partial charge in [-0.2, -0.15) is 0 Å². The minimum atomic E-state index is 0.374. The van der Waals surface area contributed by atoms with Gasteiger partial charge in [-0.05, 0) is 38.4 Å². The maximum Gasteiger partial charge on any atom is 0.174 e. The fraction of sp³-hybridized carbons (Fsp3) is 0.500. The predicted octanol–water partition coefficient (Wildman–Crippen LogP) is 3.02. The summed E-state index contributed by atoms with van der Waals surface area (Å²) in [6.07, 6.45) is 1.95. The quantitative estimate of drug-likeness (QED) is 0.757. The van der Waals surface area contributed by atoms with Crippen LogP contribution in [0.15, 0.2) is 22.7 Å². The molecule has 0 aliphatic heterocycles. The van der Waals surface area contributed by atoms with E-state index in [1.165, 1.54) is 0 Å². The standard InChI is InChI=1S/C16H23N3O2/c1-4-8-17-10-13-9-14(21-19-13)11-20-16-7-6-12(3)18-15(16)5-2/h6-7,9,17H,4-5,8,10-11H2,1-3H3. The van der Waals surface area contributed by atoms with E-state index in [9.17, 15) is 0 Å². The van der Waals surface area contributed by atoms with Gasteiger partial charge in [0.25, 0.3) is 0 Å². The first-order chi connectivity index (χ1) is 10.2. The largest absolute Gasteiger partial charge is 0.484 e. The second kappa shape index (κ2) is 7.78. The van der Waals surface area contributed by atoms with E-state index in [0.29, 0.717) is 6.61 Å². The lowest BCUT2D eigenvalue weighted by Crippen LogP contribution is -2.13.